The molecule has 0 bridgehead atoms. The first-order valence-electron chi connectivity index (χ1n) is 7.25. The fourth-order valence-electron chi connectivity index (χ4n) is 2.54. The summed E-state index contributed by atoms with van der Waals surface area (Å²) >= 11 is 0. The maximum absolute atomic E-state index is 13.2. The third-order valence-corrected chi connectivity index (χ3v) is 3.93. The molecule has 1 unspecified atom stereocenters. The smallest absolute Gasteiger partial charge is 0.123 e. The summed E-state index contributed by atoms with van der Waals surface area (Å²) in [4.78, 5) is 2.06. The van der Waals surface area contributed by atoms with Crippen LogP contribution < -0.4 is 4.74 Å². The third kappa shape index (κ3) is 3.84. The van der Waals surface area contributed by atoms with Crippen LogP contribution >= 0.6 is 0 Å². The first-order chi connectivity index (χ1) is 10.5. The summed E-state index contributed by atoms with van der Waals surface area (Å²) < 4.78 is 18.3. The SMILES string of the molecule is COc1ccc(C(CO)N(C)Cc2ccc(F)cc2C)cc1. The standard InChI is InChI=1S/C18H22FNO2/c1-13-10-16(19)7-4-15(13)11-20(2)18(12-21)14-5-8-17(22-3)9-6-14/h4-10,18,21H,11-12H2,1-3H3. The molecule has 0 heterocycles. The van der Waals surface area contributed by atoms with Gasteiger partial charge >= 0.3 is 0 Å². The number of ether oxygens (including phenoxy) is 1. The lowest BCUT2D eigenvalue weighted by Crippen LogP contribution is -2.27. The van der Waals surface area contributed by atoms with Gasteiger partial charge < -0.3 is 9.84 Å². The van der Waals surface area contributed by atoms with E-state index >= 15 is 0 Å². The second-order valence-electron chi connectivity index (χ2n) is 5.46. The van der Waals surface area contributed by atoms with Crippen LogP contribution in [0.25, 0.3) is 0 Å². The number of benzene rings is 2. The summed E-state index contributed by atoms with van der Waals surface area (Å²) in [7, 11) is 3.58. The van der Waals surface area contributed by atoms with Crippen molar-refractivity contribution in [3.05, 3.63) is 65.0 Å². The van der Waals surface area contributed by atoms with Gasteiger partial charge in [0.05, 0.1) is 19.8 Å². The zero-order valence-electron chi connectivity index (χ0n) is 13.2. The Morgan fingerprint density at radius 3 is 2.41 bits per heavy atom. The molecule has 3 nitrogen and oxygen atoms in total. The van der Waals surface area contributed by atoms with Gasteiger partial charge in [0.15, 0.2) is 0 Å². The van der Waals surface area contributed by atoms with Crippen LogP contribution in [0.3, 0.4) is 0 Å². The summed E-state index contributed by atoms with van der Waals surface area (Å²) in [6.07, 6.45) is 0. The number of nitrogens with zero attached hydrogens (tertiary/aromatic N) is 1. The molecular weight excluding hydrogens is 281 g/mol. The van der Waals surface area contributed by atoms with Crippen molar-refractivity contribution in [1.82, 2.24) is 4.90 Å². The molecule has 0 aliphatic heterocycles. The maximum Gasteiger partial charge on any atom is 0.123 e. The van der Waals surface area contributed by atoms with Gasteiger partial charge in [0.2, 0.25) is 0 Å². The maximum atomic E-state index is 13.2. The van der Waals surface area contributed by atoms with Crippen molar-refractivity contribution < 1.29 is 14.2 Å². The number of hydrogen-bond donors (Lipinski definition) is 1. The summed E-state index contributed by atoms with van der Waals surface area (Å²) in [5, 5.41) is 9.73. The quantitative estimate of drug-likeness (QED) is 0.888. The molecule has 4 heteroatoms. The fraction of sp³-hybridized carbons (Fsp3) is 0.333. The predicted octanol–water partition coefficient (Wildman–Crippen LogP) is 3.31. The van der Waals surface area contributed by atoms with Gasteiger partial charge in [-0.05, 0) is 54.9 Å². The average Bonchev–Trinajstić information content (AvgIpc) is 2.51. The highest BCUT2D eigenvalue weighted by Gasteiger charge is 2.17. The van der Waals surface area contributed by atoms with Crippen LogP contribution in [0, 0.1) is 12.7 Å². The van der Waals surface area contributed by atoms with Crippen LogP contribution in [0.2, 0.25) is 0 Å². The van der Waals surface area contributed by atoms with Crippen LogP contribution in [-0.2, 0) is 6.54 Å². The number of rotatable bonds is 6. The molecule has 0 saturated carbocycles. The molecule has 0 radical (unpaired) electrons. The van der Waals surface area contributed by atoms with Crippen molar-refractivity contribution >= 4 is 0 Å². The van der Waals surface area contributed by atoms with Crippen LogP contribution in [-0.4, -0.2) is 30.8 Å². The lowest BCUT2D eigenvalue weighted by Gasteiger charge is -2.27. The molecule has 0 saturated heterocycles. The van der Waals surface area contributed by atoms with Crippen molar-refractivity contribution in [3.63, 3.8) is 0 Å². The molecule has 0 aliphatic carbocycles. The van der Waals surface area contributed by atoms with E-state index in [0.29, 0.717) is 6.54 Å². The van der Waals surface area contributed by atoms with E-state index in [4.69, 9.17) is 4.74 Å². The Hall–Kier alpha value is -1.91. The van der Waals surface area contributed by atoms with Gasteiger partial charge in [-0.25, -0.2) is 4.39 Å². The Morgan fingerprint density at radius 2 is 1.86 bits per heavy atom. The lowest BCUT2D eigenvalue weighted by atomic mass is 10.0. The average molecular weight is 303 g/mol. The van der Waals surface area contributed by atoms with Gasteiger partial charge in [-0.2, -0.15) is 0 Å². The Bertz CT molecular complexity index is 613. The minimum absolute atomic E-state index is 0.0169. The first-order valence-corrected chi connectivity index (χ1v) is 7.25. The van der Waals surface area contributed by atoms with Gasteiger partial charge in [0.1, 0.15) is 11.6 Å². The van der Waals surface area contributed by atoms with Crippen molar-refractivity contribution in [2.75, 3.05) is 20.8 Å². The zero-order chi connectivity index (χ0) is 16.1. The zero-order valence-corrected chi connectivity index (χ0v) is 13.2. The van der Waals surface area contributed by atoms with Gasteiger partial charge in [-0.1, -0.05) is 18.2 Å². The Kier molecular flexibility index (Phi) is 5.52. The van der Waals surface area contributed by atoms with E-state index in [2.05, 4.69) is 4.90 Å². The van der Waals surface area contributed by atoms with Gasteiger partial charge in [0.25, 0.3) is 0 Å². The molecule has 2 aromatic carbocycles. The number of hydrogen-bond acceptors (Lipinski definition) is 3. The first kappa shape index (κ1) is 16.5. The van der Waals surface area contributed by atoms with Crippen molar-refractivity contribution in [2.24, 2.45) is 0 Å². The number of aliphatic hydroxyl groups excluding tert-OH is 1. The highest BCUT2D eigenvalue weighted by atomic mass is 19.1. The molecule has 0 spiro atoms. The summed E-state index contributed by atoms with van der Waals surface area (Å²) in [6, 6.07) is 12.4. The van der Waals surface area contributed by atoms with Crippen molar-refractivity contribution in [1.29, 1.82) is 0 Å². The number of likely N-dealkylation sites (N-methyl/N-ethyl adjacent to an activating group) is 1. The second-order valence-corrected chi connectivity index (χ2v) is 5.46. The molecule has 1 N–H and O–H groups in total. The van der Waals surface area contributed by atoms with E-state index in [-0.39, 0.29) is 18.5 Å². The highest BCUT2D eigenvalue weighted by molar-refractivity contribution is 5.30. The monoisotopic (exact) mass is 303 g/mol. The largest absolute Gasteiger partial charge is 0.497 e. The van der Waals surface area contributed by atoms with Gasteiger partial charge in [0, 0.05) is 6.54 Å². The molecule has 0 aliphatic rings. The van der Waals surface area contributed by atoms with E-state index in [1.54, 1.807) is 13.2 Å². The molecule has 1 atom stereocenters. The molecular formula is C18H22FNO2. The van der Waals surface area contributed by atoms with E-state index in [9.17, 15) is 9.50 Å². The second kappa shape index (κ2) is 7.38. The van der Waals surface area contributed by atoms with Crippen molar-refractivity contribution in [2.45, 2.75) is 19.5 Å². The predicted molar refractivity (Wildman–Crippen MR) is 85.4 cm³/mol. The Labute approximate surface area is 131 Å². The van der Waals surface area contributed by atoms with E-state index in [1.165, 1.54) is 12.1 Å². The topological polar surface area (TPSA) is 32.7 Å². The molecule has 0 amide bonds. The molecule has 0 aromatic heterocycles. The molecule has 0 fully saturated rings. The minimum Gasteiger partial charge on any atom is -0.497 e. The van der Waals surface area contributed by atoms with E-state index in [0.717, 1.165) is 22.4 Å². The Balaban J connectivity index is 2.15. The number of aliphatic hydroxyl groups is 1. The normalized spacial score (nSPS) is 12.5. The summed E-state index contributed by atoms with van der Waals surface area (Å²) in [5.41, 5.74) is 2.99. The Morgan fingerprint density at radius 1 is 1.18 bits per heavy atom. The van der Waals surface area contributed by atoms with Gasteiger partial charge in [-0.3, -0.25) is 4.90 Å². The highest BCUT2D eigenvalue weighted by Crippen LogP contribution is 2.24. The van der Waals surface area contributed by atoms with Crippen LogP contribution in [0.15, 0.2) is 42.5 Å². The van der Waals surface area contributed by atoms with Crippen LogP contribution in [0.1, 0.15) is 22.7 Å². The van der Waals surface area contributed by atoms with Gasteiger partial charge in [-0.15, -0.1) is 0 Å². The van der Waals surface area contributed by atoms with E-state index in [1.807, 2.05) is 38.2 Å². The van der Waals surface area contributed by atoms with Crippen molar-refractivity contribution in [3.8, 4) is 5.75 Å². The molecule has 2 aromatic rings. The third-order valence-electron chi connectivity index (χ3n) is 3.93. The minimum atomic E-state index is -0.224. The number of aryl methyl sites for hydroxylation is 1. The number of halogens is 1. The summed E-state index contributed by atoms with van der Waals surface area (Å²) in [6.45, 7) is 2.56. The molecule has 118 valence electrons. The number of methoxy groups -OCH3 is 1. The van der Waals surface area contributed by atoms with Crippen LogP contribution in [0.5, 0.6) is 5.75 Å². The fourth-order valence-corrected chi connectivity index (χ4v) is 2.54. The molecule has 2 rings (SSSR count). The lowest BCUT2D eigenvalue weighted by molar-refractivity contribution is 0.142. The summed E-state index contributed by atoms with van der Waals surface area (Å²) in [5.74, 6) is 0.565. The molecule has 22 heavy (non-hydrogen) atoms. The van der Waals surface area contributed by atoms with E-state index < -0.39 is 0 Å². The van der Waals surface area contributed by atoms with Crippen LogP contribution in [0.4, 0.5) is 4.39 Å².